The van der Waals surface area contributed by atoms with Gasteiger partial charge in [0.05, 0.1) is 16.9 Å². The van der Waals surface area contributed by atoms with Gasteiger partial charge in [-0.1, -0.05) is 61.4 Å². The predicted octanol–water partition coefficient (Wildman–Crippen LogP) is 4.20. The van der Waals surface area contributed by atoms with Crippen molar-refractivity contribution in [2.75, 3.05) is 17.1 Å². The largest absolute Gasteiger partial charge is 0.352 e. The van der Waals surface area contributed by atoms with Crippen molar-refractivity contribution in [3.8, 4) is 0 Å². The maximum atomic E-state index is 14.1. The third-order valence-corrected chi connectivity index (χ3v) is 8.39. The van der Waals surface area contributed by atoms with Crippen molar-refractivity contribution in [3.63, 3.8) is 0 Å². The first kappa shape index (κ1) is 30.6. The molecule has 3 aromatic rings. The number of sulfonamides is 1. The second kappa shape index (κ2) is 13.6. The quantitative estimate of drug-likeness (QED) is 0.246. The van der Waals surface area contributed by atoms with E-state index in [0.29, 0.717) is 5.56 Å². The standard InChI is InChI=1S/C30H33FN4O6S/c1-42(40,41)34(26-12-7-13-27(19-26)35(38)39)21-29(36)33(20-23-14-16-24(31)17-15-23)28(18-22-8-3-2-4-9-22)30(37)32-25-10-5-6-11-25/h2-4,7-9,12-17,19,25,28H,5-6,10-11,18,20-21H2,1H3,(H,32,37)/t28-/m1/s1. The van der Waals surface area contributed by atoms with Gasteiger partial charge in [0.2, 0.25) is 21.8 Å². The van der Waals surface area contributed by atoms with Crippen molar-refractivity contribution in [2.24, 2.45) is 0 Å². The highest BCUT2D eigenvalue weighted by atomic mass is 32.2. The van der Waals surface area contributed by atoms with E-state index in [1.54, 1.807) is 0 Å². The van der Waals surface area contributed by atoms with E-state index in [4.69, 9.17) is 0 Å². The van der Waals surface area contributed by atoms with Crippen molar-refractivity contribution in [1.29, 1.82) is 0 Å². The van der Waals surface area contributed by atoms with E-state index in [1.807, 2.05) is 30.3 Å². The lowest BCUT2D eigenvalue weighted by atomic mass is 10.0. The molecule has 12 heteroatoms. The highest BCUT2D eigenvalue weighted by Gasteiger charge is 2.34. The van der Waals surface area contributed by atoms with E-state index < -0.39 is 39.3 Å². The molecule has 0 bridgehead atoms. The van der Waals surface area contributed by atoms with Crippen LogP contribution >= 0.6 is 0 Å². The summed E-state index contributed by atoms with van der Waals surface area (Å²) < 4.78 is 40.2. The maximum absolute atomic E-state index is 14.1. The van der Waals surface area contributed by atoms with E-state index in [9.17, 15) is 32.5 Å². The zero-order valence-corrected chi connectivity index (χ0v) is 24.0. The summed E-state index contributed by atoms with van der Waals surface area (Å²) in [5, 5.41) is 14.4. The van der Waals surface area contributed by atoms with Gasteiger partial charge in [-0.05, 0) is 42.2 Å². The normalized spacial score (nSPS) is 14.2. The zero-order valence-electron chi connectivity index (χ0n) is 23.2. The van der Waals surface area contributed by atoms with Gasteiger partial charge in [-0.15, -0.1) is 0 Å². The van der Waals surface area contributed by atoms with Crippen molar-refractivity contribution in [2.45, 2.75) is 50.7 Å². The molecule has 1 aliphatic rings. The Balaban J connectivity index is 1.73. The molecule has 0 unspecified atom stereocenters. The lowest BCUT2D eigenvalue weighted by Gasteiger charge is -2.34. The molecule has 0 saturated heterocycles. The lowest BCUT2D eigenvalue weighted by Crippen LogP contribution is -2.54. The van der Waals surface area contributed by atoms with Crippen molar-refractivity contribution >= 4 is 33.2 Å². The smallest absolute Gasteiger partial charge is 0.271 e. The molecule has 0 aliphatic heterocycles. The molecule has 4 rings (SSSR count). The van der Waals surface area contributed by atoms with E-state index in [1.165, 1.54) is 47.4 Å². The first-order valence-electron chi connectivity index (χ1n) is 13.6. The number of hydrogen-bond donors (Lipinski definition) is 1. The van der Waals surface area contributed by atoms with Crippen LogP contribution in [0.1, 0.15) is 36.8 Å². The van der Waals surface area contributed by atoms with Gasteiger partial charge < -0.3 is 10.2 Å². The molecular formula is C30H33FN4O6S. The predicted molar refractivity (Wildman–Crippen MR) is 157 cm³/mol. The number of carbonyl (C=O) groups is 2. The highest BCUT2D eigenvalue weighted by Crippen LogP contribution is 2.25. The number of carbonyl (C=O) groups excluding carboxylic acids is 2. The van der Waals surface area contributed by atoms with Gasteiger partial charge in [0.1, 0.15) is 18.4 Å². The molecular weight excluding hydrogens is 563 g/mol. The zero-order chi connectivity index (χ0) is 30.3. The fourth-order valence-corrected chi connectivity index (χ4v) is 5.92. The molecule has 0 heterocycles. The monoisotopic (exact) mass is 596 g/mol. The van der Waals surface area contributed by atoms with Crippen LogP contribution in [0.15, 0.2) is 78.9 Å². The first-order chi connectivity index (χ1) is 20.0. The molecule has 1 N–H and O–H groups in total. The fourth-order valence-electron chi connectivity index (χ4n) is 5.08. The molecule has 3 aromatic carbocycles. The Morgan fingerprint density at radius 3 is 2.29 bits per heavy atom. The first-order valence-corrected chi connectivity index (χ1v) is 15.5. The van der Waals surface area contributed by atoms with Gasteiger partial charge in [-0.2, -0.15) is 0 Å². The number of nitrogens with zero attached hydrogens (tertiary/aromatic N) is 3. The summed E-state index contributed by atoms with van der Waals surface area (Å²) in [7, 11) is -4.08. The van der Waals surface area contributed by atoms with Crippen LogP contribution in [-0.4, -0.2) is 54.9 Å². The van der Waals surface area contributed by atoms with Gasteiger partial charge in [0.15, 0.2) is 0 Å². The van der Waals surface area contributed by atoms with E-state index in [2.05, 4.69) is 5.32 Å². The SMILES string of the molecule is CS(=O)(=O)N(CC(=O)N(Cc1ccc(F)cc1)[C@H](Cc1ccccc1)C(=O)NC1CCCC1)c1cccc([N+](=O)[O-])c1. The Labute approximate surface area is 244 Å². The van der Waals surface area contributed by atoms with Gasteiger partial charge in [0.25, 0.3) is 5.69 Å². The maximum Gasteiger partial charge on any atom is 0.271 e. The van der Waals surface area contributed by atoms with Crippen molar-refractivity contribution in [1.82, 2.24) is 10.2 Å². The number of non-ortho nitro benzene ring substituents is 1. The Kier molecular flexibility index (Phi) is 9.89. The molecule has 1 aliphatic carbocycles. The highest BCUT2D eigenvalue weighted by molar-refractivity contribution is 7.92. The van der Waals surface area contributed by atoms with E-state index in [-0.39, 0.29) is 36.3 Å². The summed E-state index contributed by atoms with van der Waals surface area (Å²) in [6.07, 6.45) is 4.67. The molecule has 2 amide bonds. The van der Waals surface area contributed by atoms with Gasteiger partial charge >= 0.3 is 0 Å². The number of nitrogens with one attached hydrogen (secondary N) is 1. The van der Waals surface area contributed by atoms with E-state index in [0.717, 1.165) is 47.9 Å². The Morgan fingerprint density at radius 2 is 1.67 bits per heavy atom. The summed E-state index contributed by atoms with van der Waals surface area (Å²) >= 11 is 0. The molecule has 0 spiro atoms. The average Bonchev–Trinajstić information content (AvgIpc) is 3.47. The second-order valence-electron chi connectivity index (χ2n) is 10.4. The minimum atomic E-state index is -4.08. The summed E-state index contributed by atoms with van der Waals surface area (Å²) in [6.45, 7) is -0.801. The number of hydrogen-bond acceptors (Lipinski definition) is 6. The molecule has 1 saturated carbocycles. The number of nitro benzene ring substituents is 1. The number of rotatable bonds is 12. The molecule has 1 fully saturated rings. The molecule has 0 aromatic heterocycles. The summed E-state index contributed by atoms with van der Waals surface area (Å²) in [5.41, 5.74) is 0.934. The number of benzene rings is 3. The van der Waals surface area contributed by atoms with E-state index >= 15 is 0 Å². The van der Waals surface area contributed by atoms with Crippen LogP contribution < -0.4 is 9.62 Å². The van der Waals surface area contributed by atoms with Crippen LogP contribution in [-0.2, 0) is 32.6 Å². The van der Waals surface area contributed by atoms with Crippen LogP contribution in [0.2, 0.25) is 0 Å². The minimum Gasteiger partial charge on any atom is -0.352 e. The van der Waals surface area contributed by atoms with Gasteiger partial charge in [-0.25, -0.2) is 12.8 Å². The number of nitro groups is 1. The fraction of sp³-hybridized carbons (Fsp3) is 0.333. The molecule has 1 atom stereocenters. The summed E-state index contributed by atoms with van der Waals surface area (Å²) in [5.74, 6) is -1.54. The van der Waals surface area contributed by atoms with Crippen LogP contribution in [0, 0.1) is 15.9 Å². The molecule has 222 valence electrons. The molecule has 42 heavy (non-hydrogen) atoms. The van der Waals surface area contributed by atoms with Gasteiger partial charge in [-0.3, -0.25) is 24.0 Å². The van der Waals surface area contributed by atoms with Gasteiger partial charge in [0, 0.05) is 31.1 Å². The summed E-state index contributed by atoms with van der Waals surface area (Å²) in [6, 6.07) is 18.6. The van der Waals surface area contributed by atoms with Crippen LogP contribution in [0.4, 0.5) is 15.8 Å². The average molecular weight is 597 g/mol. The Morgan fingerprint density at radius 1 is 1.00 bits per heavy atom. The second-order valence-corrected chi connectivity index (χ2v) is 12.3. The van der Waals surface area contributed by atoms with Crippen molar-refractivity contribution in [3.05, 3.63) is 106 Å². The number of halogens is 1. The van der Waals surface area contributed by atoms with Crippen LogP contribution in [0.25, 0.3) is 0 Å². The molecule has 10 nitrogen and oxygen atoms in total. The van der Waals surface area contributed by atoms with Crippen LogP contribution in [0.3, 0.4) is 0 Å². The summed E-state index contributed by atoms with van der Waals surface area (Å²) in [4.78, 5) is 39.9. The number of amides is 2. The Hall–Kier alpha value is -4.32. The Bertz CT molecular complexity index is 1510. The van der Waals surface area contributed by atoms with Crippen molar-refractivity contribution < 1.29 is 27.3 Å². The van der Waals surface area contributed by atoms with Crippen LogP contribution in [0.5, 0.6) is 0 Å². The number of anilines is 1. The third kappa shape index (κ3) is 8.12. The topological polar surface area (TPSA) is 130 Å². The minimum absolute atomic E-state index is 0.0315. The molecule has 0 radical (unpaired) electrons. The third-order valence-electron chi connectivity index (χ3n) is 7.25. The lowest BCUT2D eigenvalue weighted by molar-refractivity contribution is -0.384.